The highest BCUT2D eigenvalue weighted by atomic mass is 16.6. The molecule has 0 unspecified atom stereocenters. The van der Waals surface area contributed by atoms with Crippen molar-refractivity contribution in [2.75, 3.05) is 20.2 Å². The van der Waals surface area contributed by atoms with Gasteiger partial charge in [0.25, 0.3) is 0 Å². The topological polar surface area (TPSA) is 38.5 Å². The quantitative estimate of drug-likeness (QED) is 0.614. The van der Waals surface area contributed by atoms with E-state index in [1.807, 2.05) is 0 Å². The zero-order chi connectivity index (χ0) is 8.10. The van der Waals surface area contributed by atoms with Gasteiger partial charge in [-0.05, 0) is 19.9 Å². The van der Waals surface area contributed by atoms with Crippen molar-refractivity contribution in [1.29, 1.82) is 0 Å². The molecule has 0 atom stereocenters. The Morgan fingerprint density at radius 3 is 2.64 bits per heavy atom. The Hall–Kier alpha value is -0.120. The minimum Gasteiger partial charge on any atom is -0.303 e. The van der Waals surface area contributed by atoms with Gasteiger partial charge in [-0.2, -0.15) is 0 Å². The molecule has 0 aromatic rings. The molecule has 0 spiro atoms. The third kappa shape index (κ3) is 2.77. The van der Waals surface area contributed by atoms with Crippen LogP contribution in [0.2, 0.25) is 0 Å². The molecule has 0 aromatic carbocycles. The van der Waals surface area contributed by atoms with Crippen LogP contribution >= 0.6 is 0 Å². The van der Waals surface area contributed by atoms with Gasteiger partial charge in [0.15, 0.2) is 0 Å². The van der Waals surface area contributed by atoms with Crippen LogP contribution in [0.1, 0.15) is 25.7 Å². The zero-order valence-electron chi connectivity index (χ0n) is 7.25. The van der Waals surface area contributed by atoms with Gasteiger partial charge in [-0.3, -0.25) is 0 Å². The molecular weight excluding hydrogens is 140 g/mol. The average Bonchev–Trinajstić information content (AvgIpc) is 2.52. The normalized spacial score (nSPS) is 19.9. The van der Waals surface area contributed by atoms with E-state index in [1.54, 1.807) is 0 Å². The van der Waals surface area contributed by atoms with Gasteiger partial charge in [-0.15, -0.1) is 0 Å². The van der Waals surface area contributed by atoms with Crippen LogP contribution in [0.5, 0.6) is 0 Å². The van der Waals surface area contributed by atoms with Crippen LogP contribution < -0.4 is 5.90 Å². The lowest BCUT2D eigenvalue weighted by Gasteiger charge is -2.22. The van der Waals surface area contributed by atoms with Crippen molar-refractivity contribution in [3.05, 3.63) is 0 Å². The molecular formula is C8H18N2O. The van der Waals surface area contributed by atoms with Crippen molar-refractivity contribution < 1.29 is 4.84 Å². The van der Waals surface area contributed by atoms with Gasteiger partial charge < -0.3 is 9.74 Å². The maximum absolute atomic E-state index is 4.95. The molecule has 1 saturated carbocycles. The molecule has 1 rings (SSSR count). The Morgan fingerprint density at radius 2 is 2.09 bits per heavy atom. The fourth-order valence-electron chi connectivity index (χ4n) is 1.72. The van der Waals surface area contributed by atoms with Crippen LogP contribution in [-0.4, -0.2) is 31.1 Å². The van der Waals surface area contributed by atoms with E-state index in [-0.39, 0.29) is 0 Å². The molecule has 1 aliphatic rings. The van der Waals surface area contributed by atoms with E-state index in [0.717, 1.165) is 12.6 Å². The van der Waals surface area contributed by atoms with Crippen LogP contribution in [0.3, 0.4) is 0 Å². The lowest BCUT2D eigenvalue weighted by molar-refractivity contribution is 0.101. The summed E-state index contributed by atoms with van der Waals surface area (Å²) >= 11 is 0. The molecule has 0 bridgehead atoms. The highest BCUT2D eigenvalue weighted by Crippen LogP contribution is 2.21. The lowest BCUT2D eigenvalue weighted by atomic mass is 10.2. The Bertz CT molecular complexity index is 102. The number of nitrogens with zero attached hydrogens (tertiary/aromatic N) is 1. The maximum atomic E-state index is 4.95. The molecule has 1 fully saturated rings. The number of nitrogens with two attached hydrogens (primary N) is 1. The first-order valence-corrected chi connectivity index (χ1v) is 4.36. The molecule has 0 aliphatic heterocycles. The van der Waals surface area contributed by atoms with E-state index >= 15 is 0 Å². The van der Waals surface area contributed by atoms with Gasteiger partial charge in [0.05, 0.1) is 6.61 Å². The first-order chi connectivity index (χ1) is 5.34. The van der Waals surface area contributed by atoms with Crippen LogP contribution in [0.4, 0.5) is 0 Å². The van der Waals surface area contributed by atoms with E-state index < -0.39 is 0 Å². The first kappa shape index (κ1) is 8.97. The second-order valence-corrected chi connectivity index (χ2v) is 3.29. The molecule has 3 heteroatoms. The monoisotopic (exact) mass is 158 g/mol. The van der Waals surface area contributed by atoms with E-state index in [9.17, 15) is 0 Å². The number of hydrogen-bond donors (Lipinski definition) is 1. The van der Waals surface area contributed by atoms with Crippen molar-refractivity contribution in [2.24, 2.45) is 5.90 Å². The molecule has 1 aliphatic carbocycles. The van der Waals surface area contributed by atoms with E-state index in [2.05, 4.69) is 16.8 Å². The molecule has 0 radical (unpaired) electrons. The van der Waals surface area contributed by atoms with Crippen LogP contribution in [0.15, 0.2) is 0 Å². The zero-order valence-corrected chi connectivity index (χ0v) is 7.25. The van der Waals surface area contributed by atoms with Gasteiger partial charge in [0, 0.05) is 12.6 Å². The second-order valence-electron chi connectivity index (χ2n) is 3.29. The predicted octanol–water partition coefficient (Wildman–Crippen LogP) is 0.751. The summed E-state index contributed by atoms with van der Waals surface area (Å²) in [4.78, 5) is 6.88. The molecule has 2 N–H and O–H groups in total. The summed E-state index contributed by atoms with van der Waals surface area (Å²) in [6.45, 7) is 1.61. The summed E-state index contributed by atoms with van der Waals surface area (Å²) in [5.74, 6) is 4.95. The molecule has 0 saturated heterocycles. The largest absolute Gasteiger partial charge is 0.303 e. The van der Waals surface area contributed by atoms with Crippen LogP contribution in [0.25, 0.3) is 0 Å². The predicted molar refractivity (Wildman–Crippen MR) is 45.0 cm³/mol. The average molecular weight is 158 g/mol. The molecule has 0 aromatic heterocycles. The third-order valence-electron chi connectivity index (χ3n) is 2.51. The van der Waals surface area contributed by atoms with Crippen LogP contribution in [0, 0.1) is 0 Å². The van der Waals surface area contributed by atoms with Crippen molar-refractivity contribution in [3.63, 3.8) is 0 Å². The fraction of sp³-hybridized carbons (Fsp3) is 1.00. The van der Waals surface area contributed by atoms with Crippen molar-refractivity contribution in [3.8, 4) is 0 Å². The smallest absolute Gasteiger partial charge is 0.0806 e. The number of rotatable bonds is 4. The first-order valence-electron chi connectivity index (χ1n) is 4.36. The Kier molecular flexibility index (Phi) is 3.83. The highest BCUT2D eigenvalue weighted by Gasteiger charge is 2.18. The fourth-order valence-corrected chi connectivity index (χ4v) is 1.72. The van der Waals surface area contributed by atoms with Gasteiger partial charge in [-0.25, -0.2) is 5.90 Å². The Morgan fingerprint density at radius 1 is 1.45 bits per heavy atom. The Balaban J connectivity index is 2.12. The summed E-state index contributed by atoms with van der Waals surface area (Å²) in [5.41, 5.74) is 0. The minimum absolute atomic E-state index is 0.646. The second kappa shape index (κ2) is 4.70. The van der Waals surface area contributed by atoms with Gasteiger partial charge in [0.1, 0.15) is 0 Å². The summed E-state index contributed by atoms with van der Waals surface area (Å²) in [5, 5.41) is 0. The Labute approximate surface area is 68.5 Å². The minimum atomic E-state index is 0.646. The lowest BCUT2D eigenvalue weighted by Crippen LogP contribution is -2.32. The highest BCUT2D eigenvalue weighted by molar-refractivity contribution is 4.74. The molecule has 66 valence electrons. The summed E-state index contributed by atoms with van der Waals surface area (Å²) in [7, 11) is 2.15. The molecule has 0 amide bonds. The van der Waals surface area contributed by atoms with Gasteiger partial charge in [-0.1, -0.05) is 12.8 Å². The maximum Gasteiger partial charge on any atom is 0.0806 e. The van der Waals surface area contributed by atoms with Crippen LogP contribution in [-0.2, 0) is 4.84 Å². The summed E-state index contributed by atoms with van der Waals surface area (Å²) in [6, 6.07) is 0.783. The standard InChI is InChI=1S/C8H18N2O/c1-10(6-7-11-9)8-4-2-3-5-8/h8H,2-7,9H2,1H3. The van der Waals surface area contributed by atoms with Crippen molar-refractivity contribution >= 4 is 0 Å². The van der Waals surface area contributed by atoms with E-state index in [0.29, 0.717) is 6.61 Å². The SMILES string of the molecule is CN(CCON)C1CCCC1. The van der Waals surface area contributed by atoms with Gasteiger partial charge in [0.2, 0.25) is 0 Å². The summed E-state index contributed by atoms with van der Waals surface area (Å²) < 4.78 is 0. The number of hydrogen-bond acceptors (Lipinski definition) is 3. The number of likely N-dealkylation sites (N-methyl/N-ethyl adjacent to an activating group) is 1. The third-order valence-corrected chi connectivity index (χ3v) is 2.51. The summed E-state index contributed by atoms with van der Waals surface area (Å²) in [6.07, 6.45) is 5.47. The molecule has 0 heterocycles. The van der Waals surface area contributed by atoms with Crippen molar-refractivity contribution in [2.45, 2.75) is 31.7 Å². The van der Waals surface area contributed by atoms with E-state index in [1.165, 1.54) is 25.7 Å². The van der Waals surface area contributed by atoms with E-state index in [4.69, 9.17) is 5.90 Å². The molecule has 11 heavy (non-hydrogen) atoms. The van der Waals surface area contributed by atoms with Gasteiger partial charge >= 0.3 is 0 Å². The van der Waals surface area contributed by atoms with Crippen molar-refractivity contribution in [1.82, 2.24) is 4.90 Å². The molecule has 3 nitrogen and oxygen atoms in total.